The number of carbonyl (C=O) groups excluding carboxylic acids is 2. The minimum Gasteiger partial charge on any atom is -0.507 e. The maximum atomic E-state index is 14.0. The molecule has 0 spiro atoms. The van der Waals surface area contributed by atoms with Crippen molar-refractivity contribution in [3.05, 3.63) is 70.1 Å². The van der Waals surface area contributed by atoms with E-state index in [1.165, 1.54) is 12.0 Å². The van der Waals surface area contributed by atoms with E-state index in [0.717, 1.165) is 65.6 Å². The minimum atomic E-state index is -0.980. The van der Waals surface area contributed by atoms with Crippen LogP contribution in [0, 0.1) is 31.6 Å². The van der Waals surface area contributed by atoms with Crippen LogP contribution in [0.3, 0.4) is 0 Å². The Morgan fingerprint density at radius 3 is 2.51 bits per heavy atom. The lowest BCUT2D eigenvalue weighted by Gasteiger charge is -2.43. The summed E-state index contributed by atoms with van der Waals surface area (Å²) in [6, 6.07) is 9.83. The third-order valence-corrected chi connectivity index (χ3v) is 10.2. The molecule has 2 aliphatic carbocycles. The molecule has 2 aromatic rings. The molecule has 0 radical (unpaired) electrons. The number of aromatic hydroxyl groups is 1. The van der Waals surface area contributed by atoms with Gasteiger partial charge < -0.3 is 14.8 Å². The molecule has 1 aromatic heterocycles. The van der Waals surface area contributed by atoms with Gasteiger partial charge in [-0.2, -0.15) is 0 Å². The fraction of sp³-hybridized carbons (Fsp3) is 0.514. The van der Waals surface area contributed by atoms with E-state index in [-0.39, 0.29) is 35.8 Å². The lowest BCUT2D eigenvalue weighted by Crippen LogP contribution is -2.46. The van der Waals surface area contributed by atoms with Crippen molar-refractivity contribution in [3.63, 3.8) is 0 Å². The molecular weight excluding hydrogens is 539 g/mol. The van der Waals surface area contributed by atoms with Gasteiger partial charge in [0, 0.05) is 12.2 Å². The SMILES string of the molecule is CCC1=C2[C@@H](CC/C(=C/c3cc(C)c(O)c(C)c3)c3ccccn3)OB(O)C[C@@H]2[C@@H]2C(=O)N(C3CCCCC3)C(=O)[C@@H]2C1. The largest absolute Gasteiger partial charge is 0.507 e. The minimum absolute atomic E-state index is 0.00397. The number of hydrogen-bond donors (Lipinski definition) is 2. The highest BCUT2D eigenvalue weighted by atomic mass is 16.5. The van der Waals surface area contributed by atoms with Gasteiger partial charge in [0.05, 0.1) is 23.6 Å². The first-order chi connectivity index (χ1) is 20.8. The number of pyridine rings is 1. The molecule has 3 heterocycles. The van der Waals surface area contributed by atoms with Crippen LogP contribution >= 0.6 is 0 Å². The zero-order valence-electron chi connectivity index (χ0n) is 25.6. The lowest BCUT2D eigenvalue weighted by atomic mass is 9.58. The number of carbonyl (C=O) groups is 2. The van der Waals surface area contributed by atoms with E-state index in [1.54, 1.807) is 11.1 Å². The van der Waals surface area contributed by atoms with Gasteiger partial charge in [-0.25, -0.2) is 0 Å². The van der Waals surface area contributed by atoms with E-state index >= 15 is 0 Å². The monoisotopic (exact) mass is 582 g/mol. The molecule has 6 rings (SSSR count). The van der Waals surface area contributed by atoms with E-state index < -0.39 is 13.0 Å². The van der Waals surface area contributed by atoms with Crippen molar-refractivity contribution in [3.8, 4) is 5.75 Å². The van der Waals surface area contributed by atoms with Crippen LogP contribution in [0.4, 0.5) is 0 Å². The highest BCUT2D eigenvalue weighted by Crippen LogP contribution is 2.52. The molecule has 2 saturated heterocycles. The second-order valence-corrected chi connectivity index (χ2v) is 12.9. The number of allylic oxidation sites excluding steroid dienone is 2. The Labute approximate surface area is 255 Å². The second kappa shape index (κ2) is 12.4. The van der Waals surface area contributed by atoms with Crippen LogP contribution in [-0.4, -0.2) is 51.1 Å². The van der Waals surface area contributed by atoms with Crippen molar-refractivity contribution < 1.29 is 24.4 Å². The normalized spacial score (nSPS) is 26.7. The molecule has 4 atom stereocenters. The van der Waals surface area contributed by atoms with E-state index in [0.29, 0.717) is 31.3 Å². The van der Waals surface area contributed by atoms with Crippen LogP contribution < -0.4 is 0 Å². The molecule has 1 saturated carbocycles. The number of nitrogens with zero attached hydrogens (tertiary/aromatic N) is 2. The van der Waals surface area contributed by atoms with Crippen LogP contribution in [0.5, 0.6) is 5.75 Å². The molecule has 8 heteroatoms. The van der Waals surface area contributed by atoms with Gasteiger partial charge in [-0.15, -0.1) is 0 Å². The van der Waals surface area contributed by atoms with Gasteiger partial charge in [0.15, 0.2) is 0 Å². The van der Waals surface area contributed by atoms with Crippen molar-refractivity contribution in [1.29, 1.82) is 0 Å². The number of imide groups is 1. The maximum Gasteiger partial charge on any atom is 0.455 e. The Kier molecular flexibility index (Phi) is 8.61. The summed E-state index contributed by atoms with van der Waals surface area (Å²) in [5, 5.41) is 21.3. The Balaban J connectivity index is 1.30. The van der Waals surface area contributed by atoms with Gasteiger partial charge in [0.25, 0.3) is 0 Å². The molecule has 2 aliphatic heterocycles. The molecule has 0 unspecified atom stereocenters. The van der Waals surface area contributed by atoms with Gasteiger partial charge in [0.1, 0.15) is 5.75 Å². The zero-order chi connectivity index (χ0) is 30.2. The summed E-state index contributed by atoms with van der Waals surface area (Å²) in [7, 11) is -0.980. The fourth-order valence-electron chi connectivity index (χ4n) is 8.21. The second-order valence-electron chi connectivity index (χ2n) is 12.9. The van der Waals surface area contributed by atoms with Crippen LogP contribution in [0.1, 0.15) is 87.1 Å². The topological polar surface area (TPSA) is 100.0 Å². The summed E-state index contributed by atoms with van der Waals surface area (Å²) in [6.07, 6.45) is 11.7. The van der Waals surface area contributed by atoms with E-state index in [2.05, 4.69) is 18.0 Å². The first-order valence-corrected chi connectivity index (χ1v) is 16.1. The summed E-state index contributed by atoms with van der Waals surface area (Å²) in [6.45, 7) is 5.92. The van der Waals surface area contributed by atoms with Crippen LogP contribution in [0.15, 0.2) is 47.7 Å². The molecule has 3 fully saturated rings. The number of likely N-dealkylation sites (tertiary alicyclic amines) is 1. The molecule has 43 heavy (non-hydrogen) atoms. The number of rotatable bonds is 7. The summed E-state index contributed by atoms with van der Waals surface area (Å²) in [5.74, 6) is -0.631. The van der Waals surface area contributed by atoms with E-state index in [4.69, 9.17) is 4.65 Å². The summed E-state index contributed by atoms with van der Waals surface area (Å²) in [4.78, 5) is 34.0. The number of hydrogen-bond acceptors (Lipinski definition) is 6. The van der Waals surface area contributed by atoms with Gasteiger partial charge in [-0.1, -0.05) is 37.8 Å². The standard InChI is InChI=1S/C35H43BN2O5/c1-4-24-19-27-32(35(41)38(34(27)40)26-10-6-5-7-11-26)28-20-36(42)43-30(31(24)28)14-13-25(29-12-8-9-15-37-29)18-23-16-21(2)33(39)22(3)17-23/h8-9,12,15-18,26-28,30,32,39,42H,4-7,10-11,13-14,19-20H2,1-3H3/b25-18-/t27-,28+,30-,32-/m1/s1. The number of amides is 2. The maximum absolute atomic E-state index is 14.0. The smallest absolute Gasteiger partial charge is 0.455 e. The van der Waals surface area contributed by atoms with Crippen molar-refractivity contribution in [1.82, 2.24) is 9.88 Å². The Morgan fingerprint density at radius 2 is 1.84 bits per heavy atom. The Morgan fingerprint density at radius 1 is 1.09 bits per heavy atom. The van der Waals surface area contributed by atoms with Crippen LogP contribution in [0.25, 0.3) is 11.6 Å². The van der Waals surface area contributed by atoms with Crippen molar-refractivity contribution in [2.24, 2.45) is 17.8 Å². The summed E-state index contributed by atoms with van der Waals surface area (Å²) in [5.41, 5.74) is 6.88. The van der Waals surface area contributed by atoms with E-state index in [1.807, 2.05) is 44.2 Å². The quantitative estimate of drug-likeness (QED) is 0.227. The molecular formula is C35H43BN2O5. The molecule has 4 aliphatic rings. The predicted molar refractivity (Wildman–Crippen MR) is 168 cm³/mol. The molecule has 2 N–H and O–H groups in total. The van der Waals surface area contributed by atoms with Crippen LogP contribution in [0.2, 0.25) is 6.32 Å². The molecule has 2 amide bonds. The van der Waals surface area contributed by atoms with Gasteiger partial charge in [0.2, 0.25) is 11.8 Å². The van der Waals surface area contributed by atoms with Crippen molar-refractivity contribution in [2.75, 3.05) is 0 Å². The van der Waals surface area contributed by atoms with Crippen LogP contribution in [-0.2, 0) is 14.2 Å². The van der Waals surface area contributed by atoms with Gasteiger partial charge >= 0.3 is 7.12 Å². The van der Waals surface area contributed by atoms with Gasteiger partial charge in [-0.3, -0.25) is 19.5 Å². The lowest BCUT2D eigenvalue weighted by molar-refractivity contribution is -0.143. The molecule has 1 aromatic carbocycles. The number of aryl methyl sites for hydroxylation is 2. The molecule has 0 bridgehead atoms. The Hall–Kier alpha value is -3.23. The highest BCUT2D eigenvalue weighted by Gasteiger charge is 2.58. The summed E-state index contributed by atoms with van der Waals surface area (Å²) >= 11 is 0. The van der Waals surface area contributed by atoms with Gasteiger partial charge in [-0.05, 0) is 123 Å². The Bertz CT molecular complexity index is 1420. The molecule has 7 nitrogen and oxygen atoms in total. The number of phenols is 1. The van der Waals surface area contributed by atoms with Crippen molar-refractivity contribution >= 4 is 30.6 Å². The third kappa shape index (κ3) is 5.72. The fourth-order valence-corrected chi connectivity index (χ4v) is 8.21. The average molecular weight is 583 g/mol. The third-order valence-electron chi connectivity index (χ3n) is 10.2. The zero-order valence-corrected chi connectivity index (χ0v) is 25.6. The highest BCUT2D eigenvalue weighted by molar-refractivity contribution is 6.43. The number of aromatic nitrogens is 1. The first-order valence-electron chi connectivity index (χ1n) is 16.1. The number of benzene rings is 1. The predicted octanol–water partition coefficient (Wildman–Crippen LogP) is 6.26. The number of fused-ring (bicyclic) bond motifs is 3. The number of phenolic OH excluding ortho intramolecular Hbond substituents is 1. The summed E-state index contributed by atoms with van der Waals surface area (Å²) < 4.78 is 6.24. The van der Waals surface area contributed by atoms with E-state index in [9.17, 15) is 19.7 Å². The molecule has 226 valence electrons. The average Bonchev–Trinajstić information content (AvgIpc) is 3.27. The van der Waals surface area contributed by atoms with Crippen molar-refractivity contribution in [2.45, 2.75) is 97.0 Å². The first kappa shape index (κ1) is 29.8.